The maximum absolute atomic E-state index is 12.7. The molecule has 0 saturated carbocycles. The molecule has 0 radical (unpaired) electrons. The van der Waals surface area contributed by atoms with Crippen LogP contribution in [0.3, 0.4) is 0 Å². The standard InChI is InChI=1S/C17H24N6O2/c1-11-8-20-23(10-11)6-5-18-17(25)13-7-15(24)21(3)16(13)14-9-19-22(4)12(14)2/h8-10,13,16H,5-7H2,1-4H3,(H,18,25)/t13-,16-/m0/s1. The van der Waals surface area contributed by atoms with E-state index in [9.17, 15) is 9.59 Å². The van der Waals surface area contributed by atoms with Crippen molar-refractivity contribution in [3.63, 3.8) is 0 Å². The van der Waals surface area contributed by atoms with Crippen molar-refractivity contribution in [3.05, 3.63) is 35.4 Å². The highest BCUT2D eigenvalue weighted by Crippen LogP contribution is 2.38. The normalized spacial score (nSPS) is 20.3. The molecule has 8 nitrogen and oxygen atoms in total. The number of nitrogens with zero attached hydrogens (tertiary/aromatic N) is 5. The van der Waals surface area contributed by atoms with Gasteiger partial charge in [-0.2, -0.15) is 10.2 Å². The highest BCUT2D eigenvalue weighted by molar-refractivity contribution is 5.90. The predicted octanol–water partition coefficient (Wildman–Crippen LogP) is 0.569. The molecular weight excluding hydrogens is 320 g/mol. The largest absolute Gasteiger partial charge is 0.354 e. The Balaban J connectivity index is 1.69. The molecule has 0 spiro atoms. The minimum Gasteiger partial charge on any atom is -0.354 e. The van der Waals surface area contributed by atoms with E-state index in [1.54, 1.807) is 33.7 Å². The third-order valence-corrected chi connectivity index (χ3v) is 4.92. The molecule has 1 fully saturated rings. The Labute approximate surface area is 146 Å². The van der Waals surface area contributed by atoms with Gasteiger partial charge in [0.05, 0.1) is 30.9 Å². The number of hydrogen-bond donors (Lipinski definition) is 1. The van der Waals surface area contributed by atoms with Gasteiger partial charge in [0.1, 0.15) is 0 Å². The van der Waals surface area contributed by atoms with Gasteiger partial charge in [0.2, 0.25) is 11.8 Å². The van der Waals surface area contributed by atoms with Crippen LogP contribution in [0.25, 0.3) is 0 Å². The summed E-state index contributed by atoms with van der Waals surface area (Å²) < 4.78 is 3.56. The molecule has 134 valence electrons. The molecule has 0 aliphatic carbocycles. The highest BCUT2D eigenvalue weighted by atomic mass is 16.2. The zero-order valence-electron chi connectivity index (χ0n) is 15.1. The molecule has 0 unspecified atom stereocenters. The van der Waals surface area contributed by atoms with Crippen LogP contribution in [0.2, 0.25) is 0 Å². The lowest BCUT2D eigenvalue weighted by molar-refractivity contribution is -0.128. The molecule has 1 aliphatic rings. The Kier molecular flexibility index (Phi) is 4.61. The van der Waals surface area contributed by atoms with Crippen LogP contribution in [0.1, 0.15) is 29.3 Å². The number of carbonyl (C=O) groups excluding carboxylic acids is 2. The van der Waals surface area contributed by atoms with Gasteiger partial charge < -0.3 is 10.2 Å². The van der Waals surface area contributed by atoms with Gasteiger partial charge >= 0.3 is 0 Å². The second-order valence-corrected chi connectivity index (χ2v) is 6.64. The van der Waals surface area contributed by atoms with E-state index in [2.05, 4.69) is 15.5 Å². The third-order valence-electron chi connectivity index (χ3n) is 4.92. The van der Waals surface area contributed by atoms with Gasteiger partial charge in [0.25, 0.3) is 0 Å². The Hall–Kier alpha value is -2.64. The van der Waals surface area contributed by atoms with E-state index in [0.29, 0.717) is 13.1 Å². The topological polar surface area (TPSA) is 85.1 Å². The van der Waals surface area contributed by atoms with Crippen LogP contribution in [0.15, 0.2) is 18.6 Å². The number of rotatable bonds is 5. The number of likely N-dealkylation sites (tertiary alicyclic amines) is 1. The summed E-state index contributed by atoms with van der Waals surface area (Å²) in [4.78, 5) is 26.5. The maximum Gasteiger partial charge on any atom is 0.226 e. The fraction of sp³-hybridized carbons (Fsp3) is 0.529. The van der Waals surface area contributed by atoms with E-state index in [1.807, 2.05) is 27.1 Å². The monoisotopic (exact) mass is 344 g/mol. The van der Waals surface area contributed by atoms with Crippen molar-refractivity contribution in [2.24, 2.45) is 13.0 Å². The number of amides is 2. The van der Waals surface area contributed by atoms with Crippen LogP contribution in [0.4, 0.5) is 0 Å². The van der Waals surface area contributed by atoms with E-state index in [4.69, 9.17) is 0 Å². The first-order valence-corrected chi connectivity index (χ1v) is 8.39. The third kappa shape index (κ3) is 3.29. The van der Waals surface area contributed by atoms with Crippen molar-refractivity contribution in [2.75, 3.05) is 13.6 Å². The Morgan fingerprint density at radius 1 is 1.28 bits per heavy atom. The molecule has 25 heavy (non-hydrogen) atoms. The van der Waals surface area contributed by atoms with E-state index in [-0.39, 0.29) is 24.3 Å². The van der Waals surface area contributed by atoms with E-state index >= 15 is 0 Å². The van der Waals surface area contributed by atoms with Crippen molar-refractivity contribution in [1.82, 2.24) is 29.8 Å². The summed E-state index contributed by atoms with van der Waals surface area (Å²) in [7, 11) is 3.61. The fourth-order valence-corrected chi connectivity index (χ4v) is 3.35. The molecule has 1 aliphatic heterocycles. The second-order valence-electron chi connectivity index (χ2n) is 6.64. The first-order valence-electron chi connectivity index (χ1n) is 8.39. The first kappa shape index (κ1) is 17.2. The van der Waals surface area contributed by atoms with Crippen LogP contribution < -0.4 is 5.32 Å². The highest BCUT2D eigenvalue weighted by Gasteiger charge is 2.43. The first-order chi connectivity index (χ1) is 11.9. The van der Waals surface area contributed by atoms with Crippen molar-refractivity contribution < 1.29 is 9.59 Å². The molecule has 1 N–H and O–H groups in total. The molecule has 3 rings (SSSR count). The average Bonchev–Trinajstić information content (AvgIpc) is 3.21. The summed E-state index contributed by atoms with van der Waals surface area (Å²) in [6, 6.07) is -0.270. The van der Waals surface area contributed by atoms with Gasteiger partial charge in [-0.1, -0.05) is 0 Å². The molecular formula is C17H24N6O2. The quantitative estimate of drug-likeness (QED) is 0.859. The molecule has 3 heterocycles. The molecule has 2 aromatic heterocycles. The lowest BCUT2D eigenvalue weighted by atomic mass is 9.93. The van der Waals surface area contributed by atoms with Gasteiger partial charge in [-0.3, -0.25) is 19.0 Å². The summed E-state index contributed by atoms with van der Waals surface area (Å²) in [5, 5.41) is 11.4. The molecule has 1 saturated heterocycles. The lowest BCUT2D eigenvalue weighted by Gasteiger charge is -2.24. The minimum atomic E-state index is -0.403. The lowest BCUT2D eigenvalue weighted by Crippen LogP contribution is -2.36. The minimum absolute atomic E-state index is 0.0175. The van der Waals surface area contributed by atoms with E-state index in [0.717, 1.165) is 16.8 Å². The average molecular weight is 344 g/mol. The molecule has 0 aromatic carbocycles. The van der Waals surface area contributed by atoms with Crippen molar-refractivity contribution >= 4 is 11.8 Å². The van der Waals surface area contributed by atoms with Crippen LogP contribution in [0, 0.1) is 19.8 Å². The summed E-state index contributed by atoms with van der Waals surface area (Å²) in [6.07, 6.45) is 5.69. The Bertz CT molecular complexity index is 793. The van der Waals surface area contributed by atoms with E-state index < -0.39 is 5.92 Å². The molecule has 2 atom stereocenters. The number of hydrogen-bond acceptors (Lipinski definition) is 4. The second kappa shape index (κ2) is 6.70. The van der Waals surface area contributed by atoms with Gasteiger partial charge in [-0.15, -0.1) is 0 Å². The van der Waals surface area contributed by atoms with E-state index in [1.165, 1.54) is 0 Å². The number of carbonyl (C=O) groups is 2. The maximum atomic E-state index is 12.7. The Morgan fingerprint density at radius 2 is 2.04 bits per heavy atom. The van der Waals surface area contributed by atoms with Crippen molar-refractivity contribution in [3.8, 4) is 0 Å². The zero-order valence-corrected chi connectivity index (χ0v) is 15.1. The number of aromatic nitrogens is 4. The number of aryl methyl sites for hydroxylation is 2. The molecule has 2 amide bonds. The summed E-state index contributed by atoms with van der Waals surface area (Å²) in [6.45, 7) is 5.01. The molecule has 8 heteroatoms. The molecule has 0 bridgehead atoms. The summed E-state index contributed by atoms with van der Waals surface area (Å²) in [5.74, 6) is -0.523. The van der Waals surface area contributed by atoms with Crippen molar-refractivity contribution in [2.45, 2.75) is 32.9 Å². The van der Waals surface area contributed by atoms with Crippen molar-refractivity contribution in [1.29, 1.82) is 0 Å². The van der Waals surface area contributed by atoms with Gasteiger partial charge in [-0.25, -0.2) is 0 Å². The van der Waals surface area contributed by atoms with Crippen LogP contribution in [0.5, 0.6) is 0 Å². The molecule has 2 aromatic rings. The SMILES string of the molecule is Cc1cnn(CCNC(=O)[C@H]2CC(=O)N(C)[C@@H]2c2cnn(C)c2C)c1. The van der Waals surface area contributed by atoms with Gasteiger partial charge in [0, 0.05) is 44.5 Å². The van der Waals surface area contributed by atoms with Crippen LogP contribution in [-0.2, 0) is 23.2 Å². The fourth-order valence-electron chi connectivity index (χ4n) is 3.35. The van der Waals surface area contributed by atoms with Gasteiger partial charge in [-0.05, 0) is 19.4 Å². The zero-order chi connectivity index (χ0) is 18.1. The van der Waals surface area contributed by atoms with Gasteiger partial charge in [0.15, 0.2) is 0 Å². The van der Waals surface area contributed by atoms with Crippen LogP contribution in [-0.4, -0.2) is 49.9 Å². The number of nitrogens with one attached hydrogen (secondary N) is 1. The Morgan fingerprint density at radius 3 is 2.64 bits per heavy atom. The smallest absolute Gasteiger partial charge is 0.226 e. The summed E-state index contributed by atoms with van der Waals surface area (Å²) >= 11 is 0. The van der Waals surface area contributed by atoms with Crippen LogP contribution >= 0.6 is 0 Å². The predicted molar refractivity (Wildman–Crippen MR) is 91.5 cm³/mol. The summed E-state index contributed by atoms with van der Waals surface area (Å²) in [5.41, 5.74) is 2.98.